The van der Waals surface area contributed by atoms with Crippen LogP contribution in [0.2, 0.25) is 0 Å². The van der Waals surface area contributed by atoms with Gasteiger partial charge >= 0.3 is 5.97 Å². The molecule has 0 aliphatic heterocycles. The highest BCUT2D eigenvalue weighted by molar-refractivity contribution is 5.66. The van der Waals surface area contributed by atoms with Crippen LogP contribution in [0.4, 0.5) is 8.78 Å². The summed E-state index contributed by atoms with van der Waals surface area (Å²) in [5, 5.41) is 18.8. The maximum absolute atomic E-state index is 14.0. The first kappa shape index (κ1) is 22.6. The van der Waals surface area contributed by atoms with Crippen molar-refractivity contribution in [3.05, 3.63) is 36.5 Å². The number of carboxylic acid groups (broad SMARTS) is 1. The van der Waals surface area contributed by atoms with Gasteiger partial charge < -0.3 is 10.2 Å². The summed E-state index contributed by atoms with van der Waals surface area (Å²) in [7, 11) is 0. The molecule has 26 heavy (non-hydrogen) atoms. The Morgan fingerprint density at radius 3 is 2.69 bits per heavy atom. The van der Waals surface area contributed by atoms with Crippen molar-refractivity contribution in [2.24, 2.45) is 11.8 Å². The summed E-state index contributed by atoms with van der Waals surface area (Å²) in [6.45, 7) is 5.93. The standard InChI is InChI=1S/C21H32F2O3/c1-3-4-9-13-21(22,23)14-12-17-16(2)15-19(24)18(17)10-7-5-6-8-11-20(25)26/h5,7,12,14,17-19,24H,2-4,6,8-11,13,15H2,1H3,(H,25,26)/t17-,18+,19-/m0/s1. The average molecular weight is 370 g/mol. The van der Waals surface area contributed by atoms with E-state index >= 15 is 0 Å². The Balaban J connectivity index is 2.58. The maximum atomic E-state index is 14.0. The van der Waals surface area contributed by atoms with Crippen LogP contribution in [0.25, 0.3) is 0 Å². The molecule has 0 aromatic carbocycles. The van der Waals surface area contributed by atoms with E-state index in [2.05, 4.69) is 6.58 Å². The minimum Gasteiger partial charge on any atom is -0.481 e. The van der Waals surface area contributed by atoms with Crippen molar-refractivity contribution in [3.8, 4) is 0 Å². The van der Waals surface area contributed by atoms with E-state index in [1.807, 2.05) is 19.1 Å². The number of aliphatic carboxylic acids is 1. The van der Waals surface area contributed by atoms with Gasteiger partial charge in [0.25, 0.3) is 5.92 Å². The summed E-state index contributed by atoms with van der Waals surface area (Å²) in [5.74, 6) is -4.03. The Kier molecular flexibility index (Phi) is 9.78. The van der Waals surface area contributed by atoms with Crippen molar-refractivity contribution in [1.82, 2.24) is 0 Å². The second kappa shape index (κ2) is 11.3. The van der Waals surface area contributed by atoms with E-state index in [4.69, 9.17) is 5.11 Å². The number of hydrogen-bond donors (Lipinski definition) is 2. The summed E-state index contributed by atoms with van der Waals surface area (Å²) in [6, 6.07) is 0. The van der Waals surface area contributed by atoms with Crippen molar-refractivity contribution in [2.45, 2.75) is 76.7 Å². The van der Waals surface area contributed by atoms with Crippen LogP contribution in [-0.2, 0) is 4.79 Å². The molecule has 5 heteroatoms. The summed E-state index contributed by atoms with van der Waals surface area (Å²) < 4.78 is 27.9. The first-order valence-electron chi connectivity index (χ1n) is 9.56. The van der Waals surface area contributed by atoms with Gasteiger partial charge in [-0.05, 0) is 44.1 Å². The van der Waals surface area contributed by atoms with Crippen LogP contribution >= 0.6 is 0 Å². The van der Waals surface area contributed by atoms with Gasteiger partial charge in [0, 0.05) is 18.8 Å². The molecular formula is C21H32F2O3. The molecule has 0 unspecified atom stereocenters. The number of carbonyl (C=O) groups is 1. The molecule has 0 saturated heterocycles. The second-order valence-electron chi connectivity index (χ2n) is 7.19. The lowest BCUT2D eigenvalue weighted by molar-refractivity contribution is -0.137. The topological polar surface area (TPSA) is 57.5 Å². The van der Waals surface area contributed by atoms with Crippen LogP contribution in [0, 0.1) is 11.8 Å². The van der Waals surface area contributed by atoms with Gasteiger partial charge in [-0.25, -0.2) is 8.78 Å². The zero-order valence-electron chi connectivity index (χ0n) is 15.7. The number of halogens is 2. The molecule has 2 N–H and O–H groups in total. The van der Waals surface area contributed by atoms with E-state index in [1.165, 1.54) is 6.08 Å². The Bertz CT molecular complexity index is 511. The molecule has 1 aliphatic rings. The summed E-state index contributed by atoms with van der Waals surface area (Å²) >= 11 is 0. The number of hydrogen-bond acceptors (Lipinski definition) is 2. The van der Waals surface area contributed by atoms with Crippen LogP contribution in [0.3, 0.4) is 0 Å². The summed E-state index contributed by atoms with van der Waals surface area (Å²) in [4.78, 5) is 10.5. The van der Waals surface area contributed by atoms with Crippen molar-refractivity contribution in [1.29, 1.82) is 0 Å². The van der Waals surface area contributed by atoms with Crippen molar-refractivity contribution >= 4 is 5.97 Å². The molecular weight excluding hydrogens is 338 g/mol. The quantitative estimate of drug-likeness (QED) is 0.352. The molecule has 0 amide bonds. The minimum atomic E-state index is -2.82. The highest BCUT2D eigenvalue weighted by atomic mass is 19.3. The largest absolute Gasteiger partial charge is 0.481 e. The smallest absolute Gasteiger partial charge is 0.303 e. The molecule has 0 spiro atoms. The van der Waals surface area contributed by atoms with Crippen LogP contribution in [0.15, 0.2) is 36.5 Å². The molecule has 1 aliphatic carbocycles. The van der Waals surface area contributed by atoms with E-state index in [1.54, 1.807) is 0 Å². The highest BCUT2D eigenvalue weighted by Crippen LogP contribution is 2.40. The average Bonchev–Trinajstić information content (AvgIpc) is 2.82. The fourth-order valence-electron chi connectivity index (χ4n) is 3.36. The molecule has 0 bridgehead atoms. The lowest BCUT2D eigenvalue weighted by atomic mass is 9.89. The predicted molar refractivity (Wildman–Crippen MR) is 100 cm³/mol. The molecule has 3 atom stereocenters. The van der Waals surface area contributed by atoms with Gasteiger partial charge in [0.1, 0.15) is 0 Å². The maximum Gasteiger partial charge on any atom is 0.303 e. The lowest BCUT2D eigenvalue weighted by Crippen LogP contribution is -2.19. The van der Waals surface area contributed by atoms with Gasteiger partial charge in [0.15, 0.2) is 0 Å². The number of alkyl halides is 2. The first-order chi connectivity index (χ1) is 12.3. The monoisotopic (exact) mass is 370 g/mol. The van der Waals surface area contributed by atoms with Crippen LogP contribution in [0.1, 0.15) is 64.7 Å². The third-order valence-corrected chi connectivity index (χ3v) is 4.90. The molecule has 0 heterocycles. The number of allylic oxidation sites excluding steroid dienone is 4. The molecule has 148 valence electrons. The fraction of sp³-hybridized carbons (Fsp3) is 0.667. The van der Waals surface area contributed by atoms with Crippen molar-refractivity contribution in [2.75, 3.05) is 0 Å². The fourth-order valence-corrected chi connectivity index (χ4v) is 3.36. The molecule has 0 aromatic heterocycles. The number of aliphatic hydroxyl groups is 1. The molecule has 1 rings (SSSR count). The lowest BCUT2D eigenvalue weighted by Gasteiger charge is -2.19. The molecule has 1 saturated carbocycles. The van der Waals surface area contributed by atoms with Gasteiger partial charge in [-0.2, -0.15) is 0 Å². The zero-order chi connectivity index (χ0) is 19.6. The van der Waals surface area contributed by atoms with Gasteiger partial charge in [0.05, 0.1) is 6.10 Å². The molecule has 1 fully saturated rings. The van der Waals surface area contributed by atoms with Gasteiger partial charge in [-0.1, -0.05) is 50.1 Å². The Morgan fingerprint density at radius 1 is 1.31 bits per heavy atom. The number of aliphatic hydroxyl groups excluding tert-OH is 1. The molecule has 0 aromatic rings. The molecule has 0 radical (unpaired) electrons. The van der Waals surface area contributed by atoms with Crippen molar-refractivity contribution in [3.63, 3.8) is 0 Å². The Labute approximate surface area is 155 Å². The van der Waals surface area contributed by atoms with Crippen LogP contribution in [0.5, 0.6) is 0 Å². The van der Waals surface area contributed by atoms with E-state index < -0.39 is 18.0 Å². The number of carboxylic acids is 1. The van der Waals surface area contributed by atoms with Gasteiger partial charge in [-0.15, -0.1) is 0 Å². The van der Waals surface area contributed by atoms with Crippen LogP contribution in [-0.4, -0.2) is 28.2 Å². The third-order valence-electron chi connectivity index (χ3n) is 4.90. The second-order valence-corrected chi connectivity index (χ2v) is 7.19. The first-order valence-corrected chi connectivity index (χ1v) is 9.56. The molecule has 3 nitrogen and oxygen atoms in total. The van der Waals surface area contributed by atoms with Crippen molar-refractivity contribution < 1.29 is 23.8 Å². The summed E-state index contributed by atoms with van der Waals surface area (Å²) in [5.41, 5.74) is 0.794. The minimum absolute atomic E-state index is 0.131. The van der Waals surface area contributed by atoms with Crippen LogP contribution < -0.4 is 0 Å². The number of rotatable bonds is 12. The van der Waals surface area contributed by atoms with Gasteiger partial charge in [0.2, 0.25) is 0 Å². The van der Waals surface area contributed by atoms with E-state index in [-0.39, 0.29) is 24.7 Å². The van der Waals surface area contributed by atoms with E-state index in [9.17, 15) is 18.7 Å². The van der Waals surface area contributed by atoms with Gasteiger partial charge in [-0.3, -0.25) is 4.79 Å². The van der Waals surface area contributed by atoms with E-state index in [0.717, 1.165) is 24.5 Å². The Morgan fingerprint density at radius 2 is 2.04 bits per heavy atom. The normalized spacial score (nSPS) is 24.2. The SMILES string of the molecule is C=C1C[C@H](O)[C@H](CC=CCCCC(=O)O)[C@H]1C=CC(F)(F)CCCCC. The number of unbranched alkanes of at least 4 members (excludes halogenated alkanes) is 3. The summed E-state index contributed by atoms with van der Waals surface area (Å²) in [6.07, 6.45) is 10.2. The predicted octanol–water partition coefficient (Wildman–Crippen LogP) is 5.51. The van der Waals surface area contributed by atoms with E-state index in [0.29, 0.717) is 32.1 Å². The Hall–Kier alpha value is -1.49. The highest BCUT2D eigenvalue weighted by Gasteiger charge is 2.36. The zero-order valence-corrected chi connectivity index (χ0v) is 15.7. The third kappa shape index (κ3) is 8.26.